The van der Waals surface area contributed by atoms with Gasteiger partial charge >= 0.3 is 5.84 Å². The highest BCUT2D eigenvalue weighted by molar-refractivity contribution is 5.81. The quantitative estimate of drug-likeness (QED) is 0.490. The van der Waals surface area contributed by atoms with Gasteiger partial charge in [-0.1, -0.05) is 23.8 Å². The largest absolute Gasteiger partial charge is 0.432 e. The van der Waals surface area contributed by atoms with Crippen molar-refractivity contribution in [3.05, 3.63) is 73.0 Å². The normalized spacial score (nSPS) is 11.5. The molecule has 0 fully saturated rings. The van der Waals surface area contributed by atoms with E-state index >= 15 is 0 Å². The molecule has 5 nitrogen and oxygen atoms in total. The number of benzene rings is 1. The number of imidazole rings is 2. The molecule has 4 heterocycles. The van der Waals surface area contributed by atoms with E-state index in [0.29, 0.717) is 5.84 Å². The van der Waals surface area contributed by atoms with Gasteiger partial charge in [-0.3, -0.25) is 4.40 Å². The van der Waals surface area contributed by atoms with E-state index in [1.54, 1.807) is 12.5 Å². The Morgan fingerprint density at radius 1 is 1.04 bits per heavy atom. The molecule has 0 aliphatic heterocycles. The summed E-state index contributed by atoms with van der Waals surface area (Å²) < 4.78 is 9.51. The second kappa shape index (κ2) is 4.83. The third-order valence-electron chi connectivity index (χ3n) is 4.22. The minimum Gasteiger partial charge on any atom is -0.432 e. The van der Waals surface area contributed by atoms with Crippen LogP contribution in [0.25, 0.3) is 34.0 Å². The molecule has 0 spiro atoms. The fourth-order valence-corrected chi connectivity index (χ4v) is 3.12. The number of nitrogens with zero attached hydrogens (tertiary/aromatic N) is 4. The molecule has 0 saturated heterocycles. The van der Waals surface area contributed by atoms with Crippen molar-refractivity contribution < 1.29 is 4.42 Å². The highest BCUT2D eigenvalue weighted by atomic mass is 16.3. The summed E-state index contributed by atoms with van der Waals surface area (Å²) in [6.07, 6.45) is 9.36. The lowest BCUT2D eigenvalue weighted by molar-refractivity contribution is 0.596. The first-order chi connectivity index (χ1) is 11.8. The topological polar surface area (TPSA) is 47.7 Å². The molecule has 24 heavy (non-hydrogen) atoms. The van der Waals surface area contributed by atoms with E-state index in [9.17, 15) is 0 Å². The van der Waals surface area contributed by atoms with Gasteiger partial charge < -0.3 is 8.82 Å². The van der Waals surface area contributed by atoms with Crippen LogP contribution in [0.1, 0.15) is 5.56 Å². The van der Waals surface area contributed by atoms with Gasteiger partial charge in [0.25, 0.3) is 0 Å². The highest BCUT2D eigenvalue weighted by Crippen LogP contribution is 2.33. The van der Waals surface area contributed by atoms with Gasteiger partial charge in [0.05, 0.1) is 5.69 Å². The second-order valence-electron chi connectivity index (χ2n) is 5.84. The van der Waals surface area contributed by atoms with Crippen molar-refractivity contribution in [1.29, 1.82) is 0 Å². The molecule has 5 rings (SSSR count). The van der Waals surface area contributed by atoms with Crippen LogP contribution in [0.5, 0.6) is 0 Å². The highest BCUT2D eigenvalue weighted by Gasteiger charge is 2.18. The van der Waals surface area contributed by atoms with Gasteiger partial charge in [0.15, 0.2) is 0 Å². The number of aryl methyl sites for hydroxylation is 1. The molecule has 5 aromatic rings. The average Bonchev–Trinajstić information content (AvgIpc) is 3.29. The number of aromatic nitrogens is 4. The predicted octanol–water partition coefficient (Wildman–Crippen LogP) is 4.22. The summed E-state index contributed by atoms with van der Waals surface area (Å²) in [6.45, 7) is 2.08. The van der Waals surface area contributed by atoms with E-state index < -0.39 is 0 Å². The number of rotatable bonds is 2. The van der Waals surface area contributed by atoms with Crippen LogP contribution in [0.2, 0.25) is 0 Å². The summed E-state index contributed by atoms with van der Waals surface area (Å²) in [5.74, 6) is 0.590. The van der Waals surface area contributed by atoms with Crippen molar-refractivity contribution in [3.63, 3.8) is 0 Å². The molecule has 0 amide bonds. The number of oxazole rings is 1. The average molecular weight is 314 g/mol. The molecular weight excluding hydrogens is 300 g/mol. The maximum Gasteiger partial charge on any atom is 0.306 e. The van der Waals surface area contributed by atoms with Gasteiger partial charge in [-0.2, -0.15) is 4.98 Å². The zero-order chi connectivity index (χ0) is 16.1. The van der Waals surface area contributed by atoms with E-state index in [4.69, 9.17) is 9.40 Å². The molecular formula is C19H14N4O. The molecule has 0 aliphatic carbocycles. The summed E-state index contributed by atoms with van der Waals surface area (Å²) in [6, 6.07) is 12.4. The van der Waals surface area contributed by atoms with Crippen LogP contribution in [0.4, 0.5) is 0 Å². The molecule has 1 aromatic carbocycles. The Kier molecular flexibility index (Phi) is 2.64. The van der Waals surface area contributed by atoms with Crippen LogP contribution in [-0.4, -0.2) is 18.8 Å². The van der Waals surface area contributed by atoms with E-state index in [1.165, 1.54) is 5.56 Å². The Hall–Kier alpha value is -3.34. The van der Waals surface area contributed by atoms with Crippen molar-refractivity contribution >= 4 is 11.5 Å². The van der Waals surface area contributed by atoms with Crippen LogP contribution in [0.3, 0.4) is 0 Å². The number of hydrogen-bond acceptors (Lipinski definition) is 3. The van der Waals surface area contributed by atoms with Gasteiger partial charge in [0.1, 0.15) is 17.6 Å². The summed E-state index contributed by atoms with van der Waals surface area (Å²) in [7, 11) is 0. The number of hydrogen-bond donors (Lipinski definition) is 0. The summed E-state index contributed by atoms with van der Waals surface area (Å²) >= 11 is 0. The van der Waals surface area contributed by atoms with Crippen molar-refractivity contribution in [1.82, 2.24) is 18.8 Å². The lowest BCUT2D eigenvalue weighted by Crippen LogP contribution is -1.91. The smallest absolute Gasteiger partial charge is 0.306 e. The van der Waals surface area contributed by atoms with Gasteiger partial charge in [-0.25, -0.2) is 4.98 Å². The Bertz CT molecular complexity index is 1180. The van der Waals surface area contributed by atoms with Crippen LogP contribution in [0.15, 0.2) is 71.9 Å². The van der Waals surface area contributed by atoms with Gasteiger partial charge in [-0.05, 0) is 25.1 Å². The van der Waals surface area contributed by atoms with E-state index in [0.717, 1.165) is 28.2 Å². The molecule has 0 aliphatic rings. The first-order valence-electron chi connectivity index (χ1n) is 7.75. The van der Waals surface area contributed by atoms with E-state index in [1.807, 2.05) is 27.3 Å². The van der Waals surface area contributed by atoms with Crippen LogP contribution in [-0.2, 0) is 0 Å². The Morgan fingerprint density at radius 3 is 2.92 bits per heavy atom. The summed E-state index contributed by atoms with van der Waals surface area (Å²) in [5.41, 5.74) is 6.19. The van der Waals surface area contributed by atoms with Crippen LogP contribution >= 0.6 is 0 Å². The second-order valence-corrected chi connectivity index (χ2v) is 5.84. The lowest BCUT2D eigenvalue weighted by Gasteiger charge is -2.06. The van der Waals surface area contributed by atoms with Crippen molar-refractivity contribution in [2.24, 2.45) is 0 Å². The maximum absolute atomic E-state index is 5.52. The number of pyridine rings is 1. The third-order valence-corrected chi connectivity index (χ3v) is 4.22. The fraction of sp³-hybridized carbons (Fsp3) is 0.0526. The van der Waals surface area contributed by atoms with Crippen molar-refractivity contribution in [3.8, 4) is 22.5 Å². The first kappa shape index (κ1) is 13.1. The zero-order valence-electron chi connectivity index (χ0n) is 13.0. The number of fused-ring (bicyclic) bond motifs is 2. The standard InChI is InChI=1S/C19H14N4O/c1-13-3-2-4-14(11-13)17-18(23-9-10-24-19(23)21-17)15-5-6-16-20-7-8-22(16)12-15/h2-12H,1H3. The Balaban J connectivity index is 1.82. The van der Waals surface area contributed by atoms with E-state index in [-0.39, 0.29) is 0 Å². The van der Waals surface area contributed by atoms with E-state index in [2.05, 4.69) is 48.4 Å². The molecule has 0 N–H and O–H groups in total. The monoisotopic (exact) mass is 314 g/mol. The SMILES string of the molecule is Cc1cccc(-c2nc3occn3c2-c2ccc3nccn3c2)c1. The minimum atomic E-state index is 0.590. The van der Waals surface area contributed by atoms with Gasteiger partial charge in [-0.15, -0.1) is 0 Å². The minimum absolute atomic E-state index is 0.590. The molecule has 0 unspecified atom stereocenters. The lowest BCUT2D eigenvalue weighted by atomic mass is 10.0. The van der Waals surface area contributed by atoms with Crippen molar-refractivity contribution in [2.75, 3.05) is 0 Å². The molecule has 0 atom stereocenters. The predicted molar refractivity (Wildman–Crippen MR) is 91.8 cm³/mol. The molecule has 0 radical (unpaired) electrons. The van der Waals surface area contributed by atoms with Crippen molar-refractivity contribution in [2.45, 2.75) is 6.92 Å². The maximum atomic E-state index is 5.52. The fourth-order valence-electron chi connectivity index (χ4n) is 3.12. The molecule has 5 heteroatoms. The van der Waals surface area contributed by atoms with Crippen LogP contribution < -0.4 is 0 Å². The molecule has 0 bridgehead atoms. The van der Waals surface area contributed by atoms with Crippen LogP contribution in [0, 0.1) is 6.92 Å². The Morgan fingerprint density at radius 2 is 2.00 bits per heavy atom. The molecule has 4 aromatic heterocycles. The molecule has 0 saturated carbocycles. The third kappa shape index (κ3) is 1.88. The zero-order valence-corrected chi connectivity index (χ0v) is 13.0. The van der Waals surface area contributed by atoms with Gasteiger partial charge in [0.2, 0.25) is 0 Å². The Labute approximate surface area is 137 Å². The first-order valence-corrected chi connectivity index (χ1v) is 7.75. The molecule has 116 valence electrons. The summed E-state index contributed by atoms with van der Waals surface area (Å²) in [4.78, 5) is 9.01. The van der Waals surface area contributed by atoms with Gasteiger partial charge in [0, 0.05) is 35.9 Å². The summed E-state index contributed by atoms with van der Waals surface area (Å²) in [5, 5.41) is 0.